The van der Waals surface area contributed by atoms with Crippen molar-refractivity contribution in [3.05, 3.63) is 33.0 Å². The van der Waals surface area contributed by atoms with E-state index in [0.717, 1.165) is 60.5 Å². The monoisotopic (exact) mass is 433 g/mol. The van der Waals surface area contributed by atoms with Crippen molar-refractivity contribution in [2.75, 3.05) is 0 Å². The zero-order valence-corrected chi connectivity index (χ0v) is 18.8. The Kier molecular flexibility index (Phi) is 6.01. The number of aryl methyl sites for hydroxylation is 3. The molecule has 2 aromatic rings. The largest absolute Gasteiger partial charge is 0.388 e. The summed E-state index contributed by atoms with van der Waals surface area (Å²) in [6, 6.07) is 0. The fourth-order valence-corrected chi connectivity index (χ4v) is 6.18. The minimum Gasteiger partial charge on any atom is -0.388 e. The van der Waals surface area contributed by atoms with Gasteiger partial charge >= 0.3 is 10.9 Å². The number of aromatic amines is 1. The van der Waals surface area contributed by atoms with E-state index in [9.17, 15) is 15.0 Å². The predicted molar refractivity (Wildman–Crippen MR) is 114 cm³/mol. The van der Waals surface area contributed by atoms with Gasteiger partial charge in [0, 0.05) is 18.3 Å². The molecule has 0 bridgehead atoms. The molecule has 0 radical (unpaired) electrons. The fraction of sp³-hybridized carbons (Fsp3) is 0.682. The standard InChI is InChI=1S/C22H32N4O3S/c1-11(2)13-4-6-16-15(19(13)27)10-26(25-16)9-8-12(3)14-5-7-17-18(20(14)28)24-22(30-17)21(23)29/h10-14,19-20,27-28H,4-9H2,1-3H3,(H2,23,29)/p+1. The molecule has 5 unspecified atom stereocenters. The molecule has 5 N–H and O–H groups in total. The summed E-state index contributed by atoms with van der Waals surface area (Å²) in [5.74, 6) is 0.708. The van der Waals surface area contributed by atoms with Crippen molar-refractivity contribution in [3.8, 4) is 0 Å². The zero-order valence-electron chi connectivity index (χ0n) is 18.0. The number of nitrogens with one attached hydrogen (secondary N) is 1. The first kappa shape index (κ1) is 21.5. The van der Waals surface area contributed by atoms with Crippen molar-refractivity contribution < 1.29 is 20.0 Å². The van der Waals surface area contributed by atoms with Gasteiger partial charge in [-0.05, 0) is 55.8 Å². The van der Waals surface area contributed by atoms with Crippen LogP contribution in [0.2, 0.25) is 0 Å². The van der Waals surface area contributed by atoms with Crippen molar-refractivity contribution in [1.82, 2.24) is 9.78 Å². The Labute approximate surface area is 181 Å². The number of aliphatic hydroxyl groups excluding tert-OH is 2. The van der Waals surface area contributed by atoms with Gasteiger partial charge in [0.2, 0.25) is 5.69 Å². The lowest BCUT2D eigenvalue weighted by atomic mass is 9.78. The summed E-state index contributed by atoms with van der Waals surface area (Å²) < 4.78 is 1.97. The van der Waals surface area contributed by atoms with Crippen LogP contribution < -0.4 is 10.7 Å². The summed E-state index contributed by atoms with van der Waals surface area (Å²) in [5, 5.41) is 26.8. The van der Waals surface area contributed by atoms with Crippen LogP contribution in [0.15, 0.2) is 6.20 Å². The van der Waals surface area contributed by atoms with E-state index in [1.807, 2.05) is 10.9 Å². The van der Waals surface area contributed by atoms with Crippen LogP contribution in [0.4, 0.5) is 0 Å². The van der Waals surface area contributed by atoms with E-state index in [4.69, 9.17) is 10.8 Å². The first-order chi connectivity index (χ1) is 14.3. The van der Waals surface area contributed by atoms with E-state index in [1.165, 1.54) is 11.3 Å². The predicted octanol–water partition coefficient (Wildman–Crippen LogP) is 2.43. The van der Waals surface area contributed by atoms with Gasteiger partial charge in [0.15, 0.2) is 0 Å². The van der Waals surface area contributed by atoms with Crippen LogP contribution in [-0.2, 0) is 19.4 Å². The molecule has 8 heteroatoms. The van der Waals surface area contributed by atoms with Crippen molar-refractivity contribution in [2.24, 2.45) is 29.4 Å². The number of aromatic nitrogens is 3. The number of H-pyrrole nitrogens is 1. The van der Waals surface area contributed by atoms with Crippen LogP contribution in [0, 0.1) is 23.7 Å². The molecule has 0 aliphatic heterocycles. The first-order valence-corrected chi connectivity index (χ1v) is 11.8. The maximum absolute atomic E-state index is 11.5. The number of nitrogens with zero attached hydrogens (tertiary/aromatic N) is 2. The highest BCUT2D eigenvalue weighted by Gasteiger charge is 2.39. The lowest BCUT2D eigenvalue weighted by Crippen LogP contribution is -2.31. The Morgan fingerprint density at radius 1 is 1.27 bits per heavy atom. The second-order valence-corrected chi connectivity index (χ2v) is 10.5. The second-order valence-electron chi connectivity index (χ2n) is 9.36. The molecule has 30 heavy (non-hydrogen) atoms. The molecule has 7 nitrogen and oxygen atoms in total. The Balaban J connectivity index is 1.40. The minimum atomic E-state index is -0.604. The van der Waals surface area contributed by atoms with Crippen LogP contribution in [0.25, 0.3) is 0 Å². The Morgan fingerprint density at radius 2 is 2.00 bits per heavy atom. The SMILES string of the molecule is CC(C)C1CCc2nn(CCC(C)C3CCc4sc(C(N)=O)[nH+]c4C3O)cc2C1O. The molecule has 4 rings (SSSR count). The summed E-state index contributed by atoms with van der Waals surface area (Å²) in [6.07, 6.45) is 5.55. The number of nitrogens with two attached hydrogens (primary N) is 1. The highest BCUT2D eigenvalue weighted by molar-refractivity contribution is 7.13. The fourth-order valence-electron chi connectivity index (χ4n) is 5.17. The topological polar surface area (TPSA) is 116 Å². The van der Waals surface area contributed by atoms with Gasteiger partial charge < -0.3 is 15.9 Å². The van der Waals surface area contributed by atoms with Gasteiger partial charge in [0.1, 0.15) is 6.10 Å². The van der Waals surface area contributed by atoms with Crippen LogP contribution >= 0.6 is 11.3 Å². The van der Waals surface area contributed by atoms with Gasteiger partial charge in [-0.25, -0.2) is 0 Å². The van der Waals surface area contributed by atoms with E-state index in [-0.39, 0.29) is 5.92 Å². The highest BCUT2D eigenvalue weighted by atomic mass is 32.1. The second kappa shape index (κ2) is 8.40. The van der Waals surface area contributed by atoms with Gasteiger partial charge in [0.05, 0.1) is 16.7 Å². The van der Waals surface area contributed by atoms with Crippen molar-refractivity contribution in [1.29, 1.82) is 0 Å². The molecule has 1 amide bonds. The van der Waals surface area contributed by atoms with Crippen LogP contribution in [0.3, 0.4) is 0 Å². The van der Waals surface area contributed by atoms with Crippen molar-refractivity contribution in [3.63, 3.8) is 0 Å². The summed E-state index contributed by atoms with van der Waals surface area (Å²) >= 11 is 1.36. The number of thiazole rings is 1. The lowest BCUT2D eigenvalue weighted by Gasteiger charge is -2.30. The molecule has 0 spiro atoms. The van der Waals surface area contributed by atoms with Crippen molar-refractivity contribution in [2.45, 2.75) is 71.6 Å². The number of hydrogen-bond donors (Lipinski definition) is 3. The van der Waals surface area contributed by atoms with E-state index in [1.54, 1.807) is 0 Å². The average Bonchev–Trinajstić information content (AvgIpc) is 3.31. The Bertz CT molecular complexity index is 922. The zero-order chi connectivity index (χ0) is 21.6. The normalized spacial score (nSPS) is 27.0. The molecule has 2 aliphatic carbocycles. The van der Waals surface area contributed by atoms with Gasteiger partial charge in [-0.2, -0.15) is 10.1 Å². The Hall–Kier alpha value is -1.77. The maximum atomic E-state index is 11.5. The number of carbonyl (C=O) groups is 1. The first-order valence-electron chi connectivity index (χ1n) is 11.0. The molecule has 0 fully saturated rings. The van der Waals surface area contributed by atoms with E-state index >= 15 is 0 Å². The van der Waals surface area contributed by atoms with Gasteiger partial charge in [-0.15, -0.1) is 0 Å². The number of amides is 1. The molecular weight excluding hydrogens is 400 g/mol. The summed E-state index contributed by atoms with van der Waals surface area (Å²) in [6.45, 7) is 7.28. The highest BCUT2D eigenvalue weighted by Crippen LogP contribution is 2.41. The number of fused-ring (bicyclic) bond motifs is 2. The van der Waals surface area contributed by atoms with E-state index in [2.05, 4.69) is 25.8 Å². The molecule has 0 saturated heterocycles. The third-order valence-corrected chi connectivity index (χ3v) is 8.29. The number of aliphatic hydroxyl groups is 2. The molecule has 2 aliphatic rings. The third kappa shape index (κ3) is 3.92. The molecule has 0 aromatic carbocycles. The Morgan fingerprint density at radius 3 is 2.70 bits per heavy atom. The van der Waals surface area contributed by atoms with Crippen LogP contribution in [-0.4, -0.2) is 25.9 Å². The maximum Gasteiger partial charge on any atom is 0.326 e. The summed E-state index contributed by atoms with van der Waals surface area (Å²) in [7, 11) is 0. The lowest BCUT2D eigenvalue weighted by molar-refractivity contribution is -0.399. The molecular formula is C22H33N4O3S+. The molecule has 0 saturated carbocycles. The van der Waals surface area contributed by atoms with Gasteiger partial charge in [-0.1, -0.05) is 32.1 Å². The number of primary amides is 1. The summed E-state index contributed by atoms with van der Waals surface area (Å²) in [5.41, 5.74) is 8.16. The quantitative estimate of drug-likeness (QED) is 0.649. The average molecular weight is 434 g/mol. The minimum absolute atomic E-state index is 0.130. The molecule has 5 atom stereocenters. The van der Waals surface area contributed by atoms with Crippen molar-refractivity contribution >= 4 is 17.2 Å². The van der Waals surface area contributed by atoms with E-state index < -0.39 is 18.1 Å². The third-order valence-electron chi connectivity index (χ3n) is 7.11. The molecule has 164 valence electrons. The molecule has 2 heterocycles. The van der Waals surface area contributed by atoms with Gasteiger partial charge in [0.25, 0.3) is 0 Å². The van der Waals surface area contributed by atoms with Crippen LogP contribution in [0.1, 0.15) is 83.9 Å². The molecule has 2 aromatic heterocycles. The number of rotatable bonds is 6. The van der Waals surface area contributed by atoms with Gasteiger partial charge in [-0.3, -0.25) is 9.48 Å². The van der Waals surface area contributed by atoms with E-state index in [0.29, 0.717) is 22.8 Å². The number of carbonyl (C=O) groups excluding carboxylic acids is 1. The summed E-state index contributed by atoms with van der Waals surface area (Å²) in [4.78, 5) is 15.5. The number of hydrogen-bond acceptors (Lipinski definition) is 5. The van der Waals surface area contributed by atoms with Crippen LogP contribution in [0.5, 0.6) is 0 Å². The smallest absolute Gasteiger partial charge is 0.326 e.